The predicted molar refractivity (Wildman–Crippen MR) is 76.8 cm³/mol. The molecule has 0 saturated heterocycles. The van der Waals surface area contributed by atoms with Gasteiger partial charge in [0.1, 0.15) is 0 Å². The number of benzene rings is 1. The Morgan fingerprint density at radius 2 is 2.15 bits per heavy atom. The molecule has 20 heavy (non-hydrogen) atoms. The molecule has 1 aliphatic rings. The number of aliphatic carboxylic acids is 1. The monoisotopic (exact) mass is 340 g/mol. The number of carbonyl (C=O) groups is 2. The van der Waals surface area contributed by atoms with E-state index >= 15 is 0 Å². The van der Waals surface area contributed by atoms with Crippen LogP contribution in [0.1, 0.15) is 17.5 Å². The Morgan fingerprint density at radius 3 is 2.70 bits per heavy atom. The smallest absolute Gasteiger partial charge is 0.353 e. The number of amides is 1. The van der Waals surface area contributed by atoms with E-state index in [1.165, 1.54) is 0 Å². The molecule has 106 valence electrons. The first-order valence-corrected chi connectivity index (χ1v) is 6.71. The lowest BCUT2D eigenvalue weighted by Crippen LogP contribution is -2.29. The van der Waals surface area contributed by atoms with Crippen molar-refractivity contribution in [3.63, 3.8) is 0 Å². The summed E-state index contributed by atoms with van der Waals surface area (Å²) in [5.74, 6) is -1.59. The van der Waals surface area contributed by atoms with E-state index in [0.29, 0.717) is 5.69 Å². The second kappa shape index (κ2) is 5.62. The molecule has 1 amide bonds. The number of halogens is 1. The van der Waals surface area contributed by atoms with Crippen molar-refractivity contribution >= 4 is 39.2 Å². The van der Waals surface area contributed by atoms with Gasteiger partial charge >= 0.3 is 5.97 Å². The molecular formula is C13H13BrN2O4. The molecule has 0 bridgehead atoms. The third-order valence-corrected chi connectivity index (χ3v) is 3.51. The largest absolute Gasteiger partial charge is 0.477 e. The van der Waals surface area contributed by atoms with Crippen molar-refractivity contribution in [2.24, 2.45) is 5.16 Å². The molecule has 1 unspecified atom stereocenters. The maximum atomic E-state index is 12.0. The Labute approximate surface area is 123 Å². The number of oxime groups is 1. The highest BCUT2D eigenvalue weighted by Crippen LogP contribution is 2.28. The van der Waals surface area contributed by atoms with Gasteiger partial charge in [0.15, 0.2) is 5.71 Å². The summed E-state index contributed by atoms with van der Waals surface area (Å²) in [5.41, 5.74) is 2.47. The second-order valence-corrected chi connectivity index (χ2v) is 5.42. The molecule has 0 radical (unpaired) electrons. The van der Waals surface area contributed by atoms with Crippen LogP contribution in [0.3, 0.4) is 0 Å². The average molecular weight is 341 g/mol. The van der Waals surface area contributed by atoms with Crippen molar-refractivity contribution in [1.82, 2.24) is 0 Å². The molecule has 1 aromatic carbocycles. The van der Waals surface area contributed by atoms with Crippen LogP contribution in [0.15, 0.2) is 21.8 Å². The Kier molecular flexibility index (Phi) is 4.08. The molecule has 0 aromatic heterocycles. The van der Waals surface area contributed by atoms with Gasteiger partial charge in [-0.25, -0.2) is 4.79 Å². The third kappa shape index (κ3) is 2.98. The number of aryl methyl sites for hydroxylation is 2. The highest BCUT2D eigenvalue weighted by molar-refractivity contribution is 9.10. The Morgan fingerprint density at radius 1 is 1.45 bits per heavy atom. The number of carboxylic acid groups (broad SMARTS) is 1. The highest BCUT2D eigenvalue weighted by Gasteiger charge is 2.31. The average Bonchev–Trinajstić information content (AvgIpc) is 2.83. The number of hydrogen-bond acceptors (Lipinski definition) is 4. The number of rotatable bonds is 3. The van der Waals surface area contributed by atoms with E-state index in [1.807, 2.05) is 26.0 Å². The van der Waals surface area contributed by atoms with Crippen LogP contribution in [0, 0.1) is 13.8 Å². The van der Waals surface area contributed by atoms with Crippen LogP contribution in [0.4, 0.5) is 5.69 Å². The highest BCUT2D eigenvalue weighted by atomic mass is 79.9. The molecule has 7 heteroatoms. The Balaban J connectivity index is 2.09. The molecule has 0 spiro atoms. The van der Waals surface area contributed by atoms with Gasteiger partial charge in [0.05, 0.1) is 5.69 Å². The molecule has 1 aliphatic heterocycles. The summed E-state index contributed by atoms with van der Waals surface area (Å²) in [6.45, 7) is 3.83. The third-order valence-electron chi connectivity index (χ3n) is 2.89. The molecule has 6 nitrogen and oxygen atoms in total. The molecule has 0 aliphatic carbocycles. The SMILES string of the molecule is Cc1cc(C)c(NC(=O)C2CC(C(=O)O)=NO2)c(Br)c1. The first kappa shape index (κ1) is 14.5. The van der Waals surface area contributed by atoms with E-state index in [4.69, 9.17) is 9.94 Å². The normalized spacial score (nSPS) is 17.4. The molecule has 1 aromatic rings. The van der Waals surface area contributed by atoms with E-state index in [9.17, 15) is 9.59 Å². The minimum absolute atomic E-state index is 0.0380. The Bertz CT molecular complexity index is 589. The number of nitrogens with one attached hydrogen (secondary N) is 1. The van der Waals surface area contributed by atoms with Gasteiger partial charge in [-0.1, -0.05) is 11.2 Å². The fourth-order valence-corrected chi connectivity index (χ4v) is 2.69. The van der Waals surface area contributed by atoms with Crippen molar-refractivity contribution in [3.8, 4) is 0 Å². The molecule has 0 fully saturated rings. The predicted octanol–water partition coefficient (Wildman–Crippen LogP) is 2.23. The summed E-state index contributed by atoms with van der Waals surface area (Å²) in [6.07, 6.45) is -0.947. The molecule has 2 N–H and O–H groups in total. The topological polar surface area (TPSA) is 88.0 Å². The van der Waals surface area contributed by atoms with Gasteiger partial charge in [-0.3, -0.25) is 4.79 Å². The summed E-state index contributed by atoms with van der Waals surface area (Å²) in [7, 11) is 0. The number of carboxylic acids is 1. The van der Waals surface area contributed by atoms with Gasteiger partial charge in [-0.2, -0.15) is 0 Å². The van der Waals surface area contributed by atoms with Crippen LogP contribution in [0.5, 0.6) is 0 Å². The van der Waals surface area contributed by atoms with Crippen molar-refractivity contribution in [2.75, 3.05) is 5.32 Å². The van der Waals surface area contributed by atoms with Gasteiger partial charge in [-0.15, -0.1) is 0 Å². The fourth-order valence-electron chi connectivity index (χ4n) is 1.92. The summed E-state index contributed by atoms with van der Waals surface area (Å²) in [5, 5.41) is 14.9. The Hall–Kier alpha value is -1.89. The summed E-state index contributed by atoms with van der Waals surface area (Å²) in [4.78, 5) is 27.6. The first-order chi connectivity index (χ1) is 9.38. The zero-order valence-corrected chi connectivity index (χ0v) is 12.5. The van der Waals surface area contributed by atoms with Crippen molar-refractivity contribution in [2.45, 2.75) is 26.4 Å². The van der Waals surface area contributed by atoms with Crippen molar-refractivity contribution in [3.05, 3.63) is 27.7 Å². The minimum atomic E-state index is -1.17. The quantitative estimate of drug-likeness (QED) is 0.883. The molecular weight excluding hydrogens is 328 g/mol. The van der Waals surface area contributed by atoms with Crippen molar-refractivity contribution < 1.29 is 19.5 Å². The molecule has 0 saturated carbocycles. The number of nitrogens with zero attached hydrogens (tertiary/aromatic N) is 1. The zero-order valence-electron chi connectivity index (χ0n) is 10.9. The van der Waals surface area contributed by atoms with Crippen LogP contribution in [0.25, 0.3) is 0 Å². The number of carbonyl (C=O) groups excluding carboxylic acids is 1. The maximum absolute atomic E-state index is 12.0. The summed E-state index contributed by atoms with van der Waals surface area (Å²) < 4.78 is 0.765. The molecule has 2 rings (SSSR count). The first-order valence-electron chi connectivity index (χ1n) is 5.92. The van der Waals surface area contributed by atoms with E-state index in [-0.39, 0.29) is 12.1 Å². The standard InChI is InChI=1S/C13H13BrN2O4/c1-6-3-7(2)11(8(14)4-6)15-12(17)10-5-9(13(18)19)16-20-10/h3-4,10H,5H2,1-2H3,(H,15,17)(H,18,19). The minimum Gasteiger partial charge on any atom is -0.477 e. The van der Waals surface area contributed by atoms with E-state index in [2.05, 4.69) is 26.4 Å². The second-order valence-electron chi connectivity index (χ2n) is 4.57. The number of hydrogen-bond donors (Lipinski definition) is 2. The van der Waals surface area contributed by atoms with Gasteiger partial charge in [0, 0.05) is 10.9 Å². The summed E-state index contributed by atoms with van der Waals surface area (Å²) >= 11 is 3.39. The lowest BCUT2D eigenvalue weighted by atomic mass is 10.1. The van der Waals surface area contributed by atoms with Crippen LogP contribution in [-0.2, 0) is 14.4 Å². The fraction of sp³-hybridized carbons (Fsp3) is 0.308. The lowest BCUT2D eigenvalue weighted by Gasteiger charge is -2.14. The summed E-state index contributed by atoms with van der Waals surface area (Å²) in [6, 6.07) is 3.83. The zero-order chi connectivity index (χ0) is 14.9. The van der Waals surface area contributed by atoms with Crippen LogP contribution in [-0.4, -0.2) is 28.8 Å². The van der Waals surface area contributed by atoms with Crippen LogP contribution >= 0.6 is 15.9 Å². The molecule has 1 atom stereocenters. The van der Waals surface area contributed by atoms with Crippen molar-refractivity contribution in [1.29, 1.82) is 0 Å². The van der Waals surface area contributed by atoms with E-state index in [0.717, 1.165) is 15.6 Å². The maximum Gasteiger partial charge on any atom is 0.353 e. The van der Waals surface area contributed by atoms with Gasteiger partial charge in [0.25, 0.3) is 5.91 Å². The number of anilines is 1. The van der Waals surface area contributed by atoms with Crippen LogP contribution in [0.2, 0.25) is 0 Å². The van der Waals surface area contributed by atoms with E-state index < -0.39 is 18.0 Å². The van der Waals surface area contributed by atoms with Gasteiger partial charge < -0.3 is 15.3 Å². The molecule has 1 heterocycles. The van der Waals surface area contributed by atoms with Gasteiger partial charge in [-0.05, 0) is 47.0 Å². The van der Waals surface area contributed by atoms with Crippen LogP contribution < -0.4 is 5.32 Å². The van der Waals surface area contributed by atoms with Gasteiger partial charge in [0.2, 0.25) is 6.10 Å². The lowest BCUT2D eigenvalue weighted by molar-refractivity contribution is -0.129. The van der Waals surface area contributed by atoms with E-state index in [1.54, 1.807) is 0 Å².